The number of nitrogens with one attached hydrogen (secondary N) is 1. The molecule has 0 unspecified atom stereocenters. The molecule has 0 aliphatic rings. The molecule has 0 fully saturated rings. The number of aromatic nitrogens is 2. The highest BCUT2D eigenvalue weighted by Crippen LogP contribution is 2.26. The average Bonchev–Trinajstić information content (AvgIpc) is 2.99. The summed E-state index contributed by atoms with van der Waals surface area (Å²) >= 11 is 13.4. The van der Waals surface area contributed by atoms with Crippen molar-refractivity contribution in [1.82, 2.24) is 9.55 Å². The van der Waals surface area contributed by atoms with E-state index in [4.69, 9.17) is 23.2 Å². The number of rotatable bonds is 5. The van der Waals surface area contributed by atoms with Gasteiger partial charge in [-0.25, -0.2) is 4.98 Å². The zero-order valence-corrected chi connectivity index (χ0v) is 15.2. The summed E-state index contributed by atoms with van der Waals surface area (Å²) in [5.74, 6) is -0.307. The Balaban J connectivity index is 1.64. The third-order valence-corrected chi connectivity index (χ3v) is 4.89. The van der Waals surface area contributed by atoms with Crippen LogP contribution in [0, 0.1) is 0 Å². The molecule has 25 heavy (non-hydrogen) atoms. The van der Waals surface area contributed by atoms with Crippen molar-refractivity contribution in [3.63, 3.8) is 0 Å². The number of halogens is 2. The van der Waals surface area contributed by atoms with E-state index in [0.717, 1.165) is 10.4 Å². The van der Waals surface area contributed by atoms with Crippen molar-refractivity contribution in [2.24, 2.45) is 0 Å². The number of hydrogen-bond acceptors (Lipinski definition) is 4. The lowest BCUT2D eigenvalue weighted by Crippen LogP contribution is -2.26. The molecule has 5 nitrogen and oxygen atoms in total. The van der Waals surface area contributed by atoms with Crippen LogP contribution >= 0.6 is 34.5 Å². The highest BCUT2D eigenvalue weighted by Gasteiger charge is 2.10. The first-order chi connectivity index (χ1) is 12.0. The predicted molar refractivity (Wildman–Crippen MR) is 101 cm³/mol. The predicted octanol–water partition coefficient (Wildman–Crippen LogP) is 3.84. The number of benzene rings is 1. The number of pyridine rings is 1. The molecule has 1 N–H and O–H groups in total. The first-order valence-corrected chi connectivity index (χ1v) is 8.92. The van der Waals surface area contributed by atoms with E-state index >= 15 is 0 Å². The van der Waals surface area contributed by atoms with Crippen molar-refractivity contribution in [2.75, 3.05) is 5.32 Å². The summed E-state index contributed by atoms with van der Waals surface area (Å²) in [6.45, 7) is -0.0579. The number of anilines is 1. The van der Waals surface area contributed by atoms with Crippen molar-refractivity contribution in [3.8, 4) is 0 Å². The van der Waals surface area contributed by atoms with Crippen molar-refractivity contribution in [1.29, 1.82) is 0 Å². The molecule has 2 aromatic heterocycles. The number of carbonyl (C=O) groups is 1. The summed E-state index contributed by atoms with van der Waals surface area (Å²) in [6, 6.07) is 10.1. The van der Waals surface area contributed by atoms with Crippen LogP contribution in [-0.2, 0) is 17.8 Å². The summed E-state index contributed by atoms with van der Waals surface area (Å²) in [5.41, 5.74) is 0.707. The Bertz CT molecular complexity index is 968. The second-order valence-corrected chi connectivity index (χ2v) is 7.22. The van der Waals surface area contributed by atoms with E-state index in [2.05, 4.69) is 10.3 Å². The molecule has 2 heterocycles. The summed E-state index contributed by atoms with van der Waals surface area (Å²) in [5, 5.41) is 4.36. The Morgan fingerprint density at radius 2 is 2.08 bits per heavy atom. The van der Waals surface area contributed by atoms with E-state index in [0.29, 0.717) is 21.6 Å². The quantitative estimate of drug-likeness (QED) is 0.715. The molecular weight excluding hydrogens is 381 g/mol. The van der Waals surface area contributed by atoms with E-state index in [1.165, 1.54) is 22.0 Å². The maximum Gasteiger partial charge on any atom is 0.250 e. The van der Waals surface area contributed by atoms with E-state index in [9.17, 15) is 9.59 Å². The molecule has 0 radical (unpaired) electrons. The molecule has 0 atom stereocenters. The lowest BCUT2D eigenvalue weighted by Gasteiger charge is -2.04. The van der Waals surface area contributed by atoms with Gasteiger partial charge in [0.2, 0.25) is 5.91 Å². The Morgan fingerprint density at radius 3 is 2.84 bits per heavy atom. The van der Waals surface area contributed by atoms with Gasteiger partial charge >= 0.3 is 0 Å². The molecule has 0 spiro atoms. The van der Waals surface area contributed by atoms with Crippen LogP contribution in [0.1, 0.15) is 10.4 Å². The molecule has 0 aliphatic carbocycles. The van der Waals surface area contributed by atoms with Crippen LogP contribution < -0.4 is 10.9 Å². The standard InChI is InChI=1S/C17H13Cl2N3O2S/c18-12-5-4-11(14(19)8-12)7-13-9-20-17(25-13)21-15(23)10-22-6-2-1-3-16(22)24/h1-6,8-9H,7,10H2,(H,20,21,23). The second kappa shape index (κ2) is 7.82. The van der Waals surface area contributed by atoms with Crippen molar-refractivity contribution >= 4 is 45.6 Å². The molecule has 3 aromatic rings. The summed E-state index contributed by atoms with van der Waals surface area (Å²) in [7, 11) is 0. The minimum Gasteiger partial charge on any atom is -0.306 e. The molecule has 3 rings (SSSR count). The highest BCUT2D eigenvalue weighted by molar-refractivity contribution is 7.15. The Morgan fingerprint density at radius 1 is 1.24 bits per heavy atom. The average molecular weight is 394 g/mol. The van der Waals surface area contributed by atoms with Crippen LogP contribution in [0.4, 0.5) is 5.13 Å². The first kappa shape index (κ1) is 17.7. The SMILES string of the molecule is O=C(Cn1ccccc1=O)Nc1ncc(Cc2ccc(Cl)cc2Cl)s1. The normalized spacial score (nSPS) is 10.6. The van der Waals surface area contributed by atoms with Gasteiger partial charge in [0.1, 0.15) is 6.54 Å². The molecule has 8 heteroatoms. The maximum atomic E-state index is 12.1. The van der Waals surface area contributed by atoms with Crippen LogP contribution in [0.25, 0.3) is 0 Å². The fourth-order valence-electron chi connectivity index (χ4n) is 2.20. The van der Waals surface area contributed by atoms with Crippen molar-refractivity contribution in [2.45, 2.75) is 13.0 Å². The van der Waals surface area contributed by atoms with Crippen LogP contribution in [0.3, 0.4) is 0 Å². The fourth-order valence-corrected chi connectivity index (χ4v) is 3.53. The largest absolute Gasteiger partial charge is 0.306 e. The molecule has 1 amide bonds. The summed E-state index contributed by atoms with van der Waals surface area (Å²) in [6.07, 6.45) is 3.86. The number of hydrogen-bond donors (Lipinski definition) is 1. The van der Waals surface area contributed by atoms with Gasteiger partial charge in [-0.1, -0.05) is 35.3 Å². The molecule has 128 valence electrons. The van der Waals surface area contributed by atoms with E-state index in [-0.39, 0.29) is 18.0 Å². The molecule has 0 aliphatic heterocycles. The topological polar surface area (TPSA) is 64.0 Å². The third-order valence-electron chi connectivity index (χ3n) is 3.39. The van der Waals surface area contributed by atoms with E-state index in [1.54, 1.807) is 36.7 Å². The summed E-state index contributed by atoms with van der Waals surface area (Å²) in [4.78, 5) is 28.8. The van der Waals surface area contributed by atoms with E-state index in [1.807, 2.05) is 6.07 Å². The number of thiazole rings is 1. The number of carbonyl (C=O) groups excluding carboxylic acids is 1. The smallest absolute Gasteiger partial charge is 0.250 e. The minimum atomic E-state index is -0.307. The zero-order valence-electron chi connectivity index (χ0n) is 12.9. The Kier molecular flexibility index (Phi) is 5.53. The molecule has 0 saturated heterocycles. The fraction of sp³-hybridized carbons (Fsp3) is 0.118. The van der Waals surface area contributed by atoms with E-state index < -0.39 is 0 Å². The Labute approximate surface area is 157 Å². The third kappa shape index (κ3) is 4.69. The maximum absolute atomic E-state index is 12.1. The van der Waals surface area contributed by atoms with Gasteiger partial charge in [-0.2, -0.15) is 0 Å². The summed E-state index contributed by atoms with van der Waals surface area (Å²) < 4.78 is 1.33. The molecular formula is C17H13Cl2N3O2S. The van der Waals surface area contributed by atoms with Gasteiger partial charge in [-0.05, 0) is 23.8 Å². The van der Waals surface area contributed by atoms with Crippen LogP contribution in [-0.4, -0.2) is 15.5 Å². The van der Waals surface area contributed by atoms with Crippen molar-refractivity contribution in [3.05, 3.63) is 79.6 Å². The number of nitrogens with zero attached hydrogens (tertiary/aromatic N) is 2. The second-order valence-electron chi connectivity index (χ2n) is 5.26. The number of amides is 1. The van der Waals surface area contributed by atoms with Crippen LogP contribution in [0.15, 0.2) is 53.6 Å². The Hall–Kier alpha value is -2.15. The van der Waals surface area contributed by atoms with Crippen LogP contribution in [0.2, 0.25) is 10.0 Å². The molecule has 1 aromatic carbocycles. The van der Waals surface area contributed by atoms with Crippen molar-refractivity contribution < 1.29 is 4.79 Å². The van der Waals surface area contributed by atoms with Gasteiger partial charge in [-0.15, -0.1) is 11.3 Å². The monoisotopic (exact) mass is 393 g/mol. The van der Waals surface area contributed by atoms with Gasteiger partial charge in [0, 0.05) is 39.8 Å². The molecule has 0 saturated carbocycles. The first-order valence-electron chi connectivity index (χ1n) is 7.35. The lowest BCUT2D eigenvalue weighted by molar-refractivity contribution is -0.116. The van der Waals surface area contributed by atoms with Crippen LogP contribution in [0.5, 0.6) is 0 Å². The lowest BCUT2D eigenvalue weighted by atomic mass is 10.1. The van der Waals surface area contributed by atoms with Gasteiger partial charge in [-0.3, -0.25) is 9.59 Å². The van der Waals surface area contributed by atoms with Gasteiger partial charge in [0.15, 0.2) is 5.13 Å². The highest BCUT2D eigenvalue weighted by atomic mass is 35.5. The van der Waals surface area contributed by atoms with Gasteiger partial charge in [0.05, 0.1) is 0 Å². The minimum absolute atomic E-state index is 0.0579. The van der Waals surface area contributed by atoms with Gasteiger partial charge in [0.25, 0.3) is 5.56 Å². The van der Waals surface area contributed by atoms with Gasteiger partial charge < -0.3 is 9.88 Å². The molecule has 0 bridgehead atoms. The zero-order chi connectivity index (χ0) is 17.8.